The van der Waals surface area contributed by atoms with Gasteiger partial charge >= 0.3 is 0 Å². The van der Waals surface area contributed by atoms with Gasteiger partial charge in [0.2, 0.25) is 5.95 Å². The Morgan fingerprint density at radius 1 is 1.08 bits per heavy atom. The topological polar surface area (TPSA) is 177 Å². The van der Waals surface area contributed by atoms with Gasteiger partial charge < -0.3 is 16.6 Å². The summed E-state index contributed by atoms with van der Waals surface area (Å²) >= 11 is 5.71. The molecule has 0 aliphatic carbocycles. The van der Waals surface area contributed by atoms with Crippen molar-refractivity contribution in [3.63, 3.8) is 0 Å². The lowest BCUT2D eigenvalue weighted by Crippen LogP contribution is -2.40. The summed E-state index contributed by atoms with van der Waals surface area (Å²) in [7, 11) is -1.63. The van der Waals surface area contributed by atoms with E-state index >= 15 is 0 Å². The summed E-state index contributed by atoms with van der Waals surface area (Å²) in [6, 6.07) is 11.4. The lowest BCUT2D eigenvalue weighted by molar-refractivity contribution is -0.127. The Kier molecular flexibility index (Phi) is 13.6. The predicted octanol–water partition coefficient (Wildman–Crippen LogP) is 3.98. The van der Waals surface area contributed by atoms with Gasteiger partial charge in [-0.2, -0.15) is 10.1 Å². The molecule has 0 bridgehead atoms. The normalized spacial score (nSPS) is 14.4. The highest BCUT2D eigenvalue weighted by atomic mass is 35.5. The van der Waals surface area contributed by atoms with Crippen molar-refractivity contribution >= 4 is 51.7 Å². The van der Waals surface area contributed by atoms with E-state index in [4.69, 9.17) is 23.1 Å². The number of rotatable bonds is 4. The average molecular weight is 562 g/mol. The molecule has 2 aromatic carbocycles. The fourth-order valence-electron chi connectivity index (χ4n) is 2.62. The van der Waals surface area contributed by atoms with E-state index < -0.39 is 28.8 Å². The summed E-state index contributed by atoms with van der Waals surface area (Å²) in [6.07, 6.45) is 3.05. The van der Waals surface area contributed by atoms with Crippen LogP contribution < -0.4 is 16.2 Å². The average Bonchev–Trinajstić information content (AvgIpc) is 3.19. The molecule has 204 valence electrons. The standard InChI is InChI=1S/C11H10ClN3O2.C10H10N4O2S.2C2H6/c1-6-9(13)11(17)15(14-6)10(16)7-2-4-8(12)5-3-7;11-7-2-3-9(8(15)6-7)17(16)14-10-12-4-1-5-13-10;2*1-2/h2-5,9H,13H2,1H3;1-6,15H,11H2,(H,12,13,14);2*1-2H3. The van der Waals surface area contributed by atoms with E-state index in [1.807, 2.05) is 27.7 Å². The smallest absolute Gasteiger partial charge is 0.281 e. The minimum atomic E-state index is -1.63. The Hall–Kier alpha value is -3.87. The molecule has 6 N–H and O–H groups in total. The van der Waals surface area contributed by atoms with Gasteiger partial charge in [0.25, 0.3) is 11.8 Å². The first-order valence-corrected chi connectivity index (χ1v) is 13.2. The highest BCUT2D eigenvalue weighted by molar-refractivity contribution is 7.86. The van der Waals surface area contributed by atoms with Crippen LogP contribution in [-0.2, 0) is 15.8 Å². The fraction of sp³-hybridized carbons (Fsp3) is 0.240. The number of nitrogens with two attached hydrogens (primary N) is 2. The molecule has 2 unspecified atom stereocenters. The first kappa shape index (κ1) is 32.2. The van der Waals surface area contributed by atoms with E-state index in [0.29, 0.717) is 22.0 Å². The summed E-state index contributed by atoms with van der Waals surface area (Å²) in [5.41, 5.74) is 12.2. The van der Waals surface area contributed by atoms with Crippen molar-refractivity contribution < 1.29 is 18.9 Å². The molecule has 11 nitrogen and oxygen atoms in total. The number of carbonyl (C=O) groups is 2. The van der Waals surface area contributed by atoms with Gasteiger partial charge in [0.05, 0.1) is 5.71 Å². The van der Waals surface area contributed by atoms with Gasteiger partial charge in [-0.1, -0.05) is 39.3 Å². The number of benzene rings is 2. The molecule has 0 saturated carbocycles. The Bertz CT molecular complexity index is 1260. The molecule has 1 aromatic heterocycles. The van der Waals surface area contributed by atoms with Gasteiger partial charge in [-0.05, 0) is 49.4 Å². The Balaban J connectivity index is 0.000000336. The summed E-state index contributed by atoms with van der Waals surface area (Å²) in [6.45, 7) is 9.61. The van der Waals surface area contributed by atoms with Crippen LogP contribution in [0, 0.1) is 0 Å². The zero-order valence-corrected chi connectivity index (χ0v) is 23.3. The zero-order valence-electron chi connectivity index (χ0n) is 21.8. The molecule has 0 fully saturated rings. The lowest BCUT2D eigenvalue weighted by Gasteiger charge is -2.10. The van der Waals surface area contributed by atoms with E-state index in [9.17, 15) is 18.9 Å². The maximum absolute atomic E-state index is 12.0. The molecule has 0 radical (unpaired) electrons. The van der Waals surface area contributed by atoms with Gasteiger partial charge in [-0.15, -0.1) is 0 Å². The third kappa shape index (κ3) is 8.91. The highest BCUT2D eigenvalue weighted by Crippen LogP contribution is 2.23. The molecule has 2 atom stereocenters. The molecule has 4 rings (SSSR count). The number of phenolic OH excluding ortho intramolecular Hbond substituents is 1. The minimum absolute atomic E-state index is 0.133. The van der Waals surface area contributed by atoms with Gasteiger partial charge in [0.1, 0.15) is 16.7 Å². The van der Waals surface area contributed by atoms with Crippen LogP contribution in [0.25, 0.3) is 0 Å². The number of nitrogens with zero attached hydrogens (tertiary/aromatic N) is 4. The number of nitrogen functional groups attached to an aromatic ring is 1. The number of carbonyl (C=O) groups excluding carboxylic acids is 2. The van der Waals surface area contributed by atoms with E-state index in [2.05, 4.69) is 19.8 Å². The molecule has 2 amide bonds. The van der Waals surface area contributed by atoms with Crippen LogP contribution >= 0.6 is 11.6 Å². The number of phenols is 1. The van der Waals surface area contributed by atoms with Crippen molar-refractivity contribution in [2.24, 2.45) is 10.8 Å². The molecule has 0 spiro atoms. The van der Waals surface area contributed by atoms with E-state index in [1.54, 1.807) is 31.2 Å². The maximum atomic E-state index is 12.0. The number of hydrazone groups is 1. The van der Waals surface area contributed by atoms with Crippen molar-refractivity contribution in [3.8, 4) is 5.75 Å². The minimum Gasteiger partial charge on any atom is -0.507 e. The molecule has 13 heteroatoms. The number of aromatic nitrogens is 2. The Labute approximate surface area is 229 Å². The van der Waals surface area contributed by atoms with Gasteiger partial charge in [-0.25, -0.2) is 14.2 Å². The van der Waals surface area contributed by atoms with Gasteiger partial charge in [0.15, 0.2) is 11.0 Å². The summed E-state index contributed by atoms with van der Waals surface area (Å²) in [4.78, 5) is 31.6. The van der Waals surface area contributed by atoms with Gasteiger partial charge in [0, 0.05) is 34.7 Å². The summed E-state index contributed by atoms with van der Waals surface area (Å²) < 4.78 is 14.4. The largest absolute Gasteiger partial charge is 0.507 e. The molecule has 1 aliphatic rings. The maximum Gasteiger partial charge on any atom is 0.281 e. The van der Waals surface area contributed by atoms with Crippen LogP contribution in [-0.4, -0.2) is 47.9 Å². The zero-order chi connectivity index (χ0) is 28.8. The molecular formula is C25H32ClN7O4S. The second kappa shape index (κ2) is 16.1. The highest BCUT2D eigenvalue weighted by Gasteiger charge is 2.35. The molecule has 1 aliphatic heterocycles. The number of hydrogen-bond donors (Lipinski definition) is 4. The first-order valence-electron chi connectivity index (χ1n) is 11.7. The molecule has 3 aromatic rings. The van der Waals surface area contributed by atoms with E-state index in [1.165, 1.54) is 36.7 Å². The number of aromatic hydroxyl groups is 1. The molecule has 38 heavy (non-hydrogen) atoms. The third-order valence-electron chi connectivity index (χ3n) is 4.40. The number of imide groups is 1. The quantitative estimate of drug-likeness (QED) is 0.273. The fourth-order valence-corrected chi connectivity index (χ4v) is 3.57. The summed E-state index contributed by atoms with van der Waals surface area (Å²) in [5.74, 6) is -0.921. The van der Waals surface area contributed by atoms with Gasteiger partial charge in [-0.3, -0.25) is 14.3 Å². The van der Waals surface area contributed by atoms with Crippen molar-refractivity contribution in [1.82, 2.24) is 15.0 Å². The lowest BCUT2D eigenvalue weighted by atomic mass is 10.2. The second-order valence-electron chi connectivity index (χ2n) is 6.85. The Morgan fingerprint density at radius 3 is 2.16 bits per heavy atom. The van der Waals surface area contributed by atoms with Crippen LogP contribution in [0.3, 0.4) is 0 Å². The van der Waals surface area contributed by atoms with Crippen molar-refractivity contribution in [2.45, 2.75) is 45.6 Å². The second-order valence-corrected chi connectivity index (χ2v) is 8.47. The molecule has 2 heterocycles. The monoisotopic (exact) mass is 561 g/mol. The number of halogens is 1. The Morgan fingerprint density at radius 2 is 1.66 bits per heavy atom. The van der Waals surface area contributed by atoms with Crippen LogP contribution in [0.2, 0.25) is 5.02 Å². The van der Waals surface area contributed by atoms with Crippen molar-refractivity contribution in [2.75, 3.05) is 10.5 Å². The SMILES string of the molecule is CC.CC.CC1=NN(C(=O)c2ccc(Cl)cc2)C(=O)C1N.Nc1ccc(S(=O)Nc2ncccn2)c(O)c1. The summed E-state index contributed by atoms with van der Waals surface area (Å²) in [5, 5.41) is 14.7. The number of hydrogen-bond acceptors (Lipinski definition) is 9. The first-order chi connectivity index (χ1) is 18.2. The third-order valence-corrected chi connectivity index (χ3v) is 5.76. The van der Waals surface area contributed by atoms with E-state index in [-0.39, 0.29) is 16.6 Å². The predicted molar refractivity (Wildman–Crippen MR) is 151 cm³/mol. The van der Waals surface area contributed by atoms with E-state index in [0.717, 1.165) is 5.01 Å². The van der Waals surface area contributed by atoms with Crippen LogP contribution in [0.4, 0.5) is 11.6 Å². The number of anilines is 2. The van der Waals surface area contributed by atoms with Crippen LogP contribution in [0.1, 0.15) is 45.0 Å². The molecular weight excluding hydrogens is 530 g/mol. The molecule has 0 saturated heterocycles. The number of nitrogens with one attached hydrogen (secondary N) is 1. The van der Waals surface area contributed by atoms with Crippen LogP contribution in [0.15, 0.2) is 70.9 Å². The van der Waals surface area contributed by atoms with Crippen molar-refractivity contribution in [3.05, 3.63) is 71.5 Å². The van der Waals surface area contributed by atoms with Crippen molar-refractivity contribution in [1.29, 1.82) is 0 Å². The number of amides is 2. The van der Waals surface area contributed by atoms with Crippen LogP contribution in [0.5, 0.6) is 5.75 Å².